The van der Waals surface area contributed by atoms with E-state index in [-0.39, 0.29) is 17.3 Å². The van der Waals surface area contributed by atoms with Gasteiger partial charge in [0.25, 0.3) is 0 Å². The van der Waals surface area contributed by atoms with Crippen LogP contribution in [0.5, 0.6) is 0 Å². The summed E-state index contributed by atoms with van der Waals surface area (Å²) in [6.45, 7) is 3.00. The number of hydrogen-bond acceptors (Lipinski definition) is 3. The van der Waals surface area contributed by atoms with Crippen LogP contribution in [0.1, 0.15) is 63.5 Å². The third-order valence-electron chi connectivity index (χ3n) is 5.58. The van der Waals surface area contributed by atoms with Gasteiger partial charge in [-0.1, -0.05) is 43.4 Å². The van der Waals surface area contributed by atoms with Crippen LogP contribution in [0.15, 0.2) is 10.2 Å². The van der Waals surface area contributed by atoms with Gasteiger partial charge in [-0.2, -0.15) is 0 Å². The fourth-order valence-corrected chi connectivity index (χ4v) is 5.01. The van der Waals surface area contributed by atoms with Gasteiger partial charge in [0.2, 0.25) is 5.91 Å². The van der Waals surface area contributed by atoms with Crippen LogP contribution in [-0.4, -0.2) is 28.0 Å². The molecule has 3 rings (SSSR count). The lowest BCUT2D eigenvalue weighted by atomic mass is 9.81. The zero-order valence-corrected chi connectivity index (χ0v) is 14.9. The van der Waals surface area contributed by atoms with Crippen LogP contribution in [0.25, 0.3) is 0 Å². The number of likely N-dealkylation sites (tertiary alicyclic amines) is 1. The van der Waals surface area contributed by atoms with Crippen molar-refractivity contribution in [3.8, 4) is 0 Å². The van der Waals surface area contributed by atoms with E-state index in [1.807, 2.05) is 12.3 Å². The van der Waals surface area contributed by atoms with Gasteiger partial charge in [0.05, 0.1) is 0 Å². The molecule has 23 heavy (non-hydrogen) atoms. The van der Waals surface area contributed by atoms with Crippen molar-refractivity contribution in [2.45, 2.75) is 77.3 Å². The second-order valence-electron chi connectivity index (χ2n) is 7.13. The fourth-order valence-electron chi connectivity index (χ4n) is 4.28. The smallest absolute Gasteiger partial charge is 0.307 e. The van der Waals surface area contributed by atoms with Crippen molar-refractivity contribution >= 4 is 17.2 Å². The molecule has 0 radical (unpaired) electrons. The number of amides is 1. The third kappa shape index (κ3) is 3.87. The average molecular weight is 337 g/mol. The molecule has 0 bridgehead atoms. The van der Waals surface area contributed by atoms with Crippen LogP contribution in [0.3, 0.4) is 0 Å². The topological polar surface area (TPSA) is 42.3 Å². The second kappa shape index (κ2) is 7.65. The van der Waals surface area contributed by atoms with Crippen molar-refractivity contribution < 1.29 is 4.79 Å². The zero-order chi connectivity index (χ0) is 16.2. The molecule has 2 fully saturated rings. The molecule has 0 unspecified atom stereocenters. The molecule has 2 heterocycles. The number of carbonyl (C=O) groups excluding carboxylic acids is 1. The monoisotopic (exact) mass is 336 g/mol. The van der Waals surface area contributed by atoms with E-state index in [0.29, 0.717) is 12.0 Å². The van der Waals surface area contributed by atoms with E-state index in [1.54, 1.807) is 4.57 Å². The van der Waals surface area contributed by atoms with Gasteiger partial charge in [0.1, 0.15) is 6.54 Å². The number of hydrogen-bond donors (Lipinski definition) is 0. The Kier molecular flexibility index (Phi) is 5.57. The Morgan fingerprint density at radius 3 is 2.52 bits per heavy atom. The maximum atomic E-state index is 12.9. The maximum Gasteiger partial charge on any atom is 0.307 e. The lowest BCUT2D eigenvalue weighted by Crippen LogP contribution is -2.46. The average Bonchev–Trinajstić information content (AvgIpc) is 2.79. The molecule has 4 nitrogen and oxygen atoms in total. The summed E-state index contributed by atoms with van der Waals surface area (Å²) in [5.74, 6) is 0.817. The number of thiazole rings is 1. The molecule has 128 valence electrons. The first-order valence-corrected chi connectivity index (χ1v) is 9.99. The number of aryl methyl sites for hydroxylation is 1. The lowest BCUT2D eigenvalue weighted by molar-refractivity contribution is -0.135. The van der Waals surface area contributed by atoms with E-state index in [4.69, 9.17) is 0 Å². The van der Waals surface area contributed by atoms with Crippen molar-refractivity contribution in [2.75, 3.05) is 6.54 Å². The summed E-state index contributed by atoms with van der Waals surface area (Å²) >= 11 is 1.19. The lowest BCUT2D eigenvalue weighted by Gasteiger charge is -2.38. The van der Waals surface area contributed by atoms with Gasteiger partial charge in [0, 0.05) is 23.7 Å². The Balaban J connectivity index is 1.75. The Labute approximate surface area is 142 Å². The van der Waals surface area contributed by atoms with Crippen molar-refractivity contribution in [2.24, 2.45) is 5.92 Å². The molecule has 1 aromatic rings. The van der Waals surface area contributed by atoms with Crippen molar-refractivity contribution in [3.05, 3.63) is 20.7 Å². The van der Waals surface area contributed by atoms with Crippen LogP contribution in [0, 0.1) is 12.8 Å². The molecule has 1 atom stereocenters. The normalized spacial score (nSPS) is 23.7. The van der Waals surface area contributed by atoms with Gasteiger partial charge in [-0.15, -0.1) is 0 Å². The van der Waals surface area contributed by atoms with E-state index in [2.05, 4.69) is 4.90 Å². The molecular formula is C18H28N2O2S. The van der Waals surface area contributed by atoms with E-state index >= 15 is 0 Å². The molecule has 1 aromatic heterocycles. The van der Waals surface area contributed by atoms with Crippen molar-refractivity contribution in [1.82, 2.24) is 9.47 Å². The molecule has 2 aliphatic rings. The van der Waals surface area contributed by atoms with Crippen LogP contribution >= 0.6 is 11.3 Å². The third-order valence-corrected chi connectivity index (χ3v) is 6.46. The van der Waals surface area contributed by atoms with Gasteiger partial charge in [0.15, 0.2) is 0 Å². The fraction of sp³-hybridized carbons (Fsp3) is 0.778. The molecule has 5 heteroatoms. The minimum absolute atomic E-state index is 0.0140. The first kappa shape index (κ1) is 16.7. The molecule has 1 aliphatic heterocycles. The minimum Gasteiger partial charge on any atom is -0.338 e. The molecule has 0 spiro atoms. The summed E-state index contributed by atoms with van der Waals surface area (Å²) in [5, 5.41) is 1.84. The van der Waals surface area contributed by atoms with E-state index < -0.39 is 0 Å². The summed E-state index contributed by atoms with van der Waals surface area (Å²) in [6, 6.07) is 0.403. The van der Waals surface area contributed by atoms with Gasteiger partial charge >= 0.3 is 4.87 Å². The van der Waals surface area contributed by atoms with E-state index in [1.165, 1.54) is 56.3 Å². The largest absolute Gasteiger partial charge is 0.338 e. The highest BCUT2D eigenvalue weighted by Gasteiger charge is 2.32. The number of rotatable bonds is 3. The van der Waals surface area contributed by atoms with E-state index in [9.17, 15) is 9.59 Å². The number of carbonyl (C=O) groups is 1. The summed E-state index contributed by atoms with van der Waals surface area (Å²) in [7, 11) is 0. The number of aromatic nitrogens is 1. The zero-order valence-electron chi connectivity index (χ0n) is 14.1. The SMILES string of the molecule is Cc1csc(=O)n1CC(=O)N1CCCCC[C@H]1C1CCCCC1. The summed E-state index contributed by atoms with van der Waals surface area (Å²) in [6.07, 6.45) is 11.2. The quantitative estimate of drug-likeness (QED) is 0.847. The van der Waals surface area contributed by atoms with Crippen LogP contribution in [-0.2, 0) is 11.3 Å². The molecule has 1 saturated carbocycles. The minimum atomic E-state index is -0.0140. The van der Waals surface area contributed by atoms with Crippen LogP contribution in [0.4, 0.5) is 0 Å². The Morgan fingerprint density at radius 1 is 1.13 bits per heavy atom. The molecule has 1 aliphatic carbocycles. The molecular weight excluding hydrogens is 308 g/mol. The maximum absolute atomic E-state index is 12.9. The summed E-state index contributed by atoms with van der Waals surface area (Å²) < 4.78 is 1.63. The molecule has 1 amide bonds. The summed E-state index contributed by atoms with van der Waals surface area (Å²) in [5.41, 5.74) is 0.900. The van der Waals surface area contributed by atoms with Crippen LogP contribution in [0.2, 0.25) is 0 Å². The molecule has 1 saturated heterocycles. The highest BCUT2D eigenvalue weighted by atomic mass is 32.1. The Hall–Kier alpha value is -1.10. The van der Waals surface area contributed by atoms with Gasteiger partial charge in [-0.05, 0) is 38.5 Å². The van der Waals surface area contributed by atoms with Crippen molar-refractivity contribution in [3.63, 3.8) is 0 Å². The Bertz CT molecular complexity index is 586. The Morgan fingerprint density at radius 2 is 1.83 bits per heavy atom. The predicted molar refractivity (Wildman–Crippen MR) is 93.9 cm³/mol. The standard InChI is InChI=1S/C18H28N2O2S/c1-14-13-23-18(22)20(14)12-17(21)19-11-7-3-6-10-16(19)15-8-4-2-5-9-15/h13,15-16H,2-12H2,1H3/t16-/m0/s1. The first-order valence-electron chi connectivity index (χ1n) is 9.11. The van der Waals surface area contributed by atoms with Crippen LogP contribution < -0.4 is 4.87 Å². The molecule has 0 aromatic carbocycles. The van der Waals surface area contributed by atoms with Crippen molar-refractivity contribution in [1.29, 1.82) is 0 Å². The van der Waals surface area contributed by atoms with E-state index in [0.717, 1.165) is 25.1 Å². The molecule has 0 N–H and O–H groups in total. The highest BCUT2D eigenvalue weighted by Crippen LogP contribution is 2.33. The number of nitrogens with zero attached hydrogens (tertiary/aromatic N) is 2. The van der Waals surface area contributed by atoms with Gasteiger partial charge in [-0.3, -0.25) is 14.2 Å². The second-order valence-corrected chi connectivity index (χ2v) is 7.95. The van der Waals surface area contributed by atoms with Gasteiger partial charge in [-0.25, -0.2) is 0 Å². The first-order chi connectivity index (χ1) is 11.2. The summed E-state index contributed by atoms with van der Waals surface area (Å²) in [4.78, 5) is 27.0. The highest BCUT2D eigenvalue weighted by molar-refractivity contribution is 7.07. The van der Waals surface area contributed by atoms with Gasteiger partial charge < -0.3 is 4.90 Å². The predicted octanol–water partition coefficient (Wildman–Crippen LogP) is 3.57.